The molecule has 0 amide bonds. The first-order chi connectivity index (χ1) is 14.7. The van der Waals surface area contributed by atoms with E-state index in [1.807, 2.05) is 33.9 Å². The summed E-state index contributed by atoms with van der Waals surface area (Å²) in [6.07, 6.45) is 19.3. The molecule has 0 unspecified atom stereocenters. The predicted molar refractivity (Wildman–Crippen MR) is 121 cm³/mol. The van der Waals surface area contributed by atoms with Crippen LogP contribution in [0, 0.1) is 5.41 Å². The highest BCUT2D eigenvalue weighted by molar-refractivity contribution is 6.07. The van der Waals surface area contributed by atoms with Gasteiger partial charge in [-0.2, -0.15) is 10.2 Å². The van der Waals surface area contributed by atoms with Crippen LogP contribution in [0.3, 0.4) is 0 Å². The molecule has 2 N–H and O–H groups in total. The van der Waals surface area contributed by atoms with Crippen LogP contribution < -0.4 is 5.32 Å². The van der Waals surface area contributed by atoms with Crippen LogP contribution in [0.4, 0.5) is 0 Å². The summed E-state index contributed by atoms with van der Waals surface area (Å²) >= 11 is 0. The molecular weight excluding hydrogens is 374 g/mol. The third-order valence-corrected chi connectivity index (χ3v) is 6.11. The molecule has 3 aromatic heterocycles. The smallest absolute Gasteiger partial charge is 0.0999 e. The van der Waals surface area contributed by atoms with Crippen LogP contribution >= 0.6 is 0 Å². The van der Waals surface area contributed by atoms with Gasteiger partial charge in [-0.3, -0.25) is 4.68 Å². The Labute approximate surface area is 177 Å². The highest BCUT2D eigenvalue weighted by atomic mass is 15.3. The van der Waals surface area contributed by atoms with E-state index in [-0.39, 0.29) is 0 Å². The summed E-state index contributed by atoms with van der Waals surface area (Å²) in [6.45, 7) is 4.37. The van der Waals surface area contributed by atoms with Gasteiger partial charge in [0.05, 0.1) is 41.5 Å². The molecule has 0 aromatic carbocycles. The second-order valence-corrected chi connectivity index (χ2v) is 8.06. The molecule has 0 spiro atoms. The molecule has 7 nitrogen and oxygen atoms in total. The van der Waals surface area contributed by atoms with Crippen molar-refractivity contribution in [3.8, 4) is 11.3 Å². The number of nitrogens with zero attached hydrogens (tertiary/aromatic N) is 5. The Balaban J connectivity index is 1.69. The van der Waals surface area contributed by atoms with Crippen molar-refractivity contribution in [2.24, 2.45) is 0 Å². The summed E-state index contributed by atoms with van der Waals surface area (Å²) in [7, 11) is 0. The van der Waals surface area contributed by atoms with E-state index in [9.17, 15) is 0 Å². The van der Waals surface area contributed by atoms with E-state index in [2.05, 4.69) is 35.6 Å². The monoisotopic (exact) mass is 405 g/mol. The van der Waals surface area contributed by atoms with E-state index in [1.54, 1.807) is 6.20 Å². The van der Waals surface area contributed by atoms with Crippen molar-refractivity contribution < 1.29 is 0 Å². The van der Waals surface area contributed by atoms with Crippen molar-refractivity contribution in [1.82, 2.24) is 29.7 Å². The topological polar surface area (TPSA) is 83.9 Å². The van der Waals surface area contributed by atoms with Crippen LogP contribution in [-0.2, 0) is 0 Å². The second kappa shape index (κ2) is 9.24. The van der Waals surface area contributed by atoms with Crippen molar-refractivity contribution in [2.45, 2.75) is 70.9 Å². The van der Waals surface area contributed by atoms with Gasteiger partial charge in [0.15, 0.2) is 0 Å². The Bertz CT molecular complexity index is 1020. The first-order valence-corrected chi connectivity index (χ1v) is 11.1. The number of hydrogen-bond donors (Lipinski definition) is 2. The van der Waals surface area contributed by atoms with E-state index in [0.717, 1.165) is 40.9 Å². The minimum Gasteiger partial charge on any atom is -0.388 e. The Morgan fingerprint density at radius 3 is 2.73 bits per heavy atom. The standard InChI is InChI=1S/C23H31N7/c1-3-20(4-2)29-15-18(14-27-29)23-22-10-11-26-30(22)16-21(28-23)17(12-24)13-25-19-8-6-5-7-9-19/h10-16,19-20,24-25H,3-9H2,1-2H3/b17-13+,24-12?. The molecular formula is C23H31N7. The van der Waals surface area contributed by atoms with E-state index >= 15 is 0 Å². The lowest BCUT2D eigenvalue weighted by Crippen LogP contribution is -2.27. The lowest BCUT2D eigenvalue weighted by molar-refractivity contribution is 0.405. The molecule has 0 atom stereocenters. The number of aromatic nitrogens is 5. The Kier molecular flexibility index (Phi) is 6.26. The van der Waals surface area contributed by atoms with Gasteiger partial charge in [0.1, 0.15) is 0 Å². The predicted octanol–water partition coefficient (Wildman–Crippen LogP) is 4.87. The summed E-state index contributed by atoms with van der Waals surface area (Å²) in [6, 6.07) is 2.84. The minimum atomic E-state index is 0.389. The number of nitrogens with one attached hydrogen (secondary N) is 2. The molecule has 1 saturated carbocycles. The van der Waals surface area contributed by atoms with Gasteiger partial charge in [0.2, 0.25) is 0 Å². The van der Waals surface area contributed by atoms with Gasteiger partial charge in [0.25, 0.3) is 0 Å². The average molecular weight is 406 g/mol. The van der Waals surface area contributed by atoms with Gasteiger partial charge < -0.3 is 10.7 Å². The fourth-order valence-electron chi connectivity index (χ4n) is 4.27. The third-order valence-electron chi connectivity index (χ3n) is 6.11. The SMILES string of the molecule is CCC(CC)n1cc(-c2nc(/C(C=N)=C/NC3CCCCC3)cn3nccc23)cn1. The van der Waals surface area contributed by atoms with Crippen LogP contribution in [0.1, 0.15) is 70.5 Å². The zero-order valence-electron chi connectivity index (χ0n) is 17.9. The maximum absolute atomic E-state index is 7.95. The van der Waals surface area contributed by atoms with Crippen molar-refractivity contribution in [2.75, 3.05) is 0 Å². The van der Waals surface area contributed by atoms with Gasteiger partial charge in [-0.15, -0.1) is 0 Å². The molecule has 30 heavy (non-hydrogen) atoms. The summed E-state index contributed by atoms with van der Waals surface area (Å²) < 4.78 is 3.87. The highest BCUT2D eigenvalue weighted by Gasteiger charge is 2.16. The van der Waals surface area contributed by atoms with Crippen LogP contribution in [0.25, 0.3) is 22.3 Å². The second-order valence-electron chi connectivity index (χ2n) is 8.06. The first kappa shape index (κ1) is 20.3. The number of rotatable bonds is 8. The van der Waals surface area contributed by atoms with Gasteiger partial charge in [-0.05, 0) is 31.7 Å². The molecule has 3 aromatic rings. The number of hydrogen-bond acceptors (Lipinski definition) is 5. The fraction of sp³-hybridized carbons (Fsp3) is 0.478. The van der Waals surface area contributed by atoms with Crippen molar-refractivity contribution >= 4 is 17.3 Å². The van der Waals surface area contributed by atoms with Crippen molar-refractivity contribution in [3.05, 3.63) is 42.7 Å². The van der Waals surface area contributed by atoms with Gasteiger partial charge >= 0.3 is 0 Å². The molecule has 0 aliphatic heterocycles. The molecule has 158 valence electrons. The van der Waals surface area contributed by atoms with E-state index in [1.165, 1.54) is 38.3 Å². The zero-order valence-corrected chi connectivity index (χ0v) is 17.9. The average Bonchev–Trinajstić information content (AvgIpc) is 3.45. The van der Waals surface area contributed by atoms with Crippen LogP contribution in [-0.4, -0.2) is 36.6 Å². The van der Waals surface area contributed by atoms with Crippen LogP contribution in [0.2, 0.25) is 0 Å². The molecule has 7 heteroatoms. The highest BCUT2D eigenvalue weighted by Crippen LogP contribution is 2.26. The Morgan fingerprint density at radius 2 is 2.00 bits per heavy atom. The summed E-state index contributed by atoms with van der Waals surface area (Å²) in [4.78, 5) is 4.93. The lowest BCUT2D eigenvalue weighted by Gasteiger charge is -2.22. The fourth-order valence-corrected chi connectivity index (χ4v) is 4.27. The summed E-state index contributed by atoms with van der Waals surface area (Å²) in [5.41, 5.74) is 4.24. The number of allylic oxidation sites excluding steroid dienone is 1. The number of fused-ring (bicyclic) bond motifs is 1. The van der Waals surface area contributed by atoms with Crippen LogP contribution in [0.5, 0.6) is 0 Å². The maximum atomic E-state index is 7.95. The zero-order chi connectivity index (χ0) is 20.9. The molecule has 4 rings (SSSR count). The summed E-state index contributed by atoms with van der Waals surface area (Å²) in [5, 5.41) is 20.5. The molecule has 1 fully saturated rings. The molecule has 1 aliphatic rings. The van der Waals surface area contributed by atoms with Gasteiger partial charge in [-0.1, -0.05) is 33.1 Å². The normalized spacial score (nSPS) is 15.8. The maximum Gasteiger partial charge on any atom is 0.0999 e. The largest absolute Gasteiger partial charge is 0.388 e. The Morgan fingerprint density at radius 1 is 1.20 bits per heavy atom. The summed E-state index contributed by atoms with van der Waals surface area (Å²) in [5.74, 6) is 0. The lowest BCUT2D eigenvalue weighted by atomic mass is 9.95. The third kappa shape index (κ3) is 4.15. The molecule has 1 aliphatic carbocycles. The first-order valence-electron chi connectivity index (χ1n) is 11.1. The Hall–Kier alpha value is -2.96. The van der Waals surface area contributed by atoms with E-state index < -0.39 is 0 Å². The molecule has 3 heterocycles. The minimum absolute atomic E-state index is 0.389. The molecule has 0 bridgehead atoms. The van der Waals surface area contributed by atoms with Gasteiger partial charge in [0, 0.05) is 35.8 Å². The molecule has 0 radical (unpaired) electrons. The van der Waals surface area contributed by atoms with Crippen molar-refractivity contribution in [1.29, 1.82) is 5.41 Å². The molecule has 0 saturated heterocycles. The van der Waals surface area contributed by atoms with Crippen LogP contribution in [0.15, 0.2) is 37.1 Å². The van der Waals surface area contributed by atoms with Gasteiger partial charge in [-0.25, -0.2) is 9.50 Å². The van der Waals surface area contributed by atoms with Crippen molar-refractivity contribution in [3.63, 3.8) is 0 Å². The quantitative estimate of drug-likeness (QED) is 0.524. The van der Waals surface area contributed by atoms with E-state index in [0.29, 0.717) is 12.1 Å². The van der Waals surface area contributed by atoms with E-state index in [4.69, 9.17) is 10.4 Å².